The van der Waals surface area contributed by atoms with E-state index in [0.717, 1.165) is 62.7 Å². The Morgan fingerprint density at radius 2 is 0.829 bits per heavy atom. The fraction of sp³-hybridized carbons (Fsp3) is 0.0462. The van der Waals surface area contributed by atoms with Crippen LogP contribution in [0.15, 0.2) is 243 Å². The third-order valence-corrected chi connectivity index (χ3v) is 14.7. The van der Waals surface area contributed by atoms with Crippen molar-refractivity contribution < 1.29 is 0 Å². The average molecular weight is 896 g/mol. The van der Waals surface area contributed by atoms with Gasteiger partial charge in [-0.3, -0.25) is 9.97 Å². The van der Waals surface area contributed by atoms with Gasteiger partial charge in [-0.2, -0.15) is 0 Å². The third kappa shape index (κ3) is 6.25. The molecule has 1 aliphatic rings. The molecule has 1 atom stereocenters. The molecule has 0 spiro atoms. The predicted molar refractivity (Wildman–Crippen MR) is 289 cm³/mol. The number of fused-ring (bicyclic) bond motifs is 9. The lowest BCUT2D eigenvalue weighted by molar-refractivity contribution is 0.566. The van der Waals surface area contributed by atoms with E-state index in [2.05, 4.69) is 264 Å². The number of hydrogen-bond donors (Lipinski definition) is 0. The zero-order chi connectivity index (χ0) is 46.3. The van der Waals surface area contributed by atoms with E-state index < -0.39 is 5.41 Å². The van der Waals surface area contributed by atoms with Crippen LogP contribution in [0, 0.1) is 0 Å². The number of benzene rings is 8. The van der Waals surface area contributed by atoms with Crippen LogP contribution in [0.1, 0.15) is 29.4 Å². The van der Waals surface area contributed by atoms with Crippen LogP contribution < -0.4 is 0 Å². The molecule has 1 aliphatic carbocycles. The quantitative estimate of drug-likeness (QED) is 0.160. The molecule has 0 saturated heterocycles. The van der Waals surface area contributed by atoms with E-state index in [1.807, 2.05) is 0 Å². The van der Waals surface area contributed by atoms with Crippen molar-refractivity contribution in [3.05, 3.63) is 265 Å². The summed E-state index contributed by atoms with van der Waals surface area (Å²) in [5.74, 6) is 0. The second-order valence-electron chi connectivity index (χ2n) is 18.9. The highest BCUT2D eigenvalue weighted by atomic mass is 15.0. The van der Waals surface area contributed by atoms with Gasteiger partial charge < -0.3 is 13.7 Å². The van der Waals surface area contributed by atoms with E-state index in [4.69, 9.17) is 9.97 Å². The highest BCUT2D eigenvalue weighted by Gasteiger charge is 2.37. The van der Waals surface area contributed by atoms with Crippen LogP contribution in [0.25, 0.3) is 99.5 Å². The fourth-order valence-electron chi connectivity index (χ4n) is 11.4. The lowest BCUT2D eigenvalue weighted by atomic mass is 9.72. The first kappa shape index (κ1) is 40.0. The first-order valence-corrected chi connectivity index (χ1v) is 24.1. The van der Waals surface area contributed by atoms with Crippen LogP contribution in [0.5, 0.6) is 0 Å². The van der Waals surface area contributed by atoms with Gasteiger partial charge in [-0.25, -0.2) is 0 Å². The summed E-state index contributed by atoms with van der Waals surface area (Å²) in [6, 6.07) is 80.8. The summed E-state index contributed by atoms with van der Waals surface area (Å²) in [4.78, 5) is 10.6. The minimum Gasteiger partial charge on any atom is -0.309 e. The molecule has 5 heteroatoms. The molecule has 0 saturated carbocycles. The van der Waals surface area contributed by atoms with E-state index in [1.165, 1.54) is 65.8 Å². The number of hydrogen-bond acceptors (Lipinski definition) is 2. The van der Waals surface area contributed by atoms with Gasteiger partial charge in [-0.15, -0.1) is 0 Å². The van der Waals surface area contributed by atoms with Crippen molar-refractivity contribution in [2.75, 3.05) is 0 Å². The summed E-state index contributed by atoms with van der Waals surface area (Å²) in [5.41, 5.74) is 19.0. The predicted octanol–water partition coefficient (Wildman–Crippen LogP) is 15.9. The maximum Gasteiger partial charge on any atom is 0.0702 e. The van der Waals surface area contributed by atoms with E-state index in [9.17, 15) is 0 Å². The molecule has 8 aromatic carbocycles. The summed E-state index contributed by atoms with van der Waals surface area (Å²) < 4.78 is 7.17. The number of aromatic nitrogens is 5. The van der Waals surface area contributed by atoms with Crippen molar-refractivity contribution in [1.82, 2.24) is 23.7 Å². The van der Waals surface area contributed by atoms with Crippen molar-refractivity contribution >= 4 is 60.1 Å². The number of para-hydroxylation sites is 6. The van der Waals surface area contributed by atoms with Crippen molar-refractivity contribution in [2.24, 2.45) is 0 Å². The Morgan fingerprint density at radius 3 is 1.39 bits per heavy atom. The van der Waals surface area contributed by atoms with Crippen molar-refractivity contribution in [3.8, 4) is 39.4 Å². The van der Waals surface area contributed by atoms with Crippen LogP contribution in [0.2, 0.25) is 0 Å². The summed E-state index contributed by atoms with van der Waals surface area (Å²) in [6.07, 6.45) is 7.40. The van der Waals surface area contributed by atoms with Gasteiger partial charge in [0.1, 0.15) is 0 Å². The van der Waals surface area contributed by atoms with Gasteiger partial charge in [0.25, 0.3) is 0 Å². The van der Waals surface area contributed by atoms with Crippen LogP contribution in [0.4, 0.5) is 0 Å². The Balaban J connectivity index is 0.879. The molecule has 0 bridgehead atoms. The molecule has 330 valence electrons. The zero-order valence-corrected chi connectivity index (χ0v) is 38.5. The zero-order valence-electron chi connectivity index (χ0n) is 38.5. The SMILES string of the molecule is CC1(c2ccc(-c3ccc4c(c3)c3ccccc3n4-c3ccccc3)cn2)C=C(c2ccc(-c3ccc4c(c3)c3ccccc3n4-c3ccccc3)nc2)c2c(c3ccccc3n2-c2ccccc2)C1. The first-order valence-electron chi connectivity index (χ1n) is 24.1. The lowest BCUT2D eigenvalue weighted by Gasteiger charge is -2.33. The van der Waals surface area contributed by atoms with Crippen molar-refractivity contribution in [2.45, 2.75) is 18.8 Å². The summed E-state index contributed by atoms with van der Waals surface area (Å²) in [6.45, 7) is 2.35. The largest absolute Gasteiger partial charge is 0.309 e. The van der Waals surface area contributed by atoms with Crippen LogP contribution in [-0.2, 0) is 11.8 Å². The maximum absolute atomic E-state index is 5.34. The van der Waals surface area contributed by atoms with E-state index >= 15 is 0 Å². The number of nitrogens with zero attached hydrogens (tertiary/aromatic N) is 5. The third-order valence-electron chi connectivity index (χ3n) is 14.7. The molecular weight excluding hydrogens is 851 g/mol. The smallest absolute Gasteiger partial charge is 0.0702 e. The summed E-state index contributed by atoms with van der Waals surface area (Å²) >= 11 is 0. The van der Waals surface area contributed by atoms with Gasteiger partial charge in [0.2, 0.25) is 0 Å². The Kier molecular flexibility index (Phi) is 9.02. The van der Waals surface area contributed by atoms with E-state index in [1.54, 1.807) is 0 Å². The Labute approximate surface area is 405 Å². The van der Waals surface area contributed by atoms with Crippen molar-refractivity contribution in [3.63, 3.8) is 0 Å². The normalized spacial score (nSPS) is 14.7. The molecule has 5 aromatic heterocycles. The molecule has 0 N–H and O–H groups in total. The Bertz CT molecular complexity index is 4180. The Hall–Kier alpha value is -9.06. The molecule has 13 aromatic rings. The second-order valence-corrected chi connectivity index (χ2v) is 18.9. The average Bonchev–Trinajstić information content (AvgIpc) is 4.07. The van der Waals surface area contributed by atoms with E-state index in [-0.39, 0.29) is 0 Å². The van der Waals surface area contributed by atoms with Crippen LogP contribution >= 0.6 is 0 Å². The van der Waals surface area contributed by atoms with Gasteiger partial charge in [0.05, 0.1) is 44.7 Å². The molecule has 1 unspecified atom stereocenters. The number of rotatable bonds is 7. The molecule has 0 aliphatic heterocycles. The molecule has 70 heavy (non-hydrogen) atoms. The molecule has 14 rings (SSSR count). The van der Waals surface area contributed by atoms with Gasteiger partial charge in [0, 0.05) is 84.1 Å². The molecule has 0 fully saturated rings. The van der Waals surface area contributed by atoms with Gasteiger partial charge in [-0.05, 0) is 109 Å². The molecular formula is C65H45N5. The van der Waals surface area contributed by atoms with Gasteiger partial charge in [0.15, 0.2) is 0 Å². The monoisotopic (exact) mass is 895 g/mol. The minimum absolute atomic E-state index is 0.420. The number of pyridine rings is 2. The standard InChI is InChI=1S/C65H45N5/c1-65(63-36-32-45(41-67-63)43-30-34-61-53(37-43)50-23-11-14-26-58(50)68(61)47-17-5-2-6-18-47)39-55(64-56(40-65)52-25-13-16-28-60(52)70(64)49-21-9-4-10-22-49)46-29-33-57(66-42-46)44-31-35-62-54(38-44)51-24-12-15-27-59(51)69(62)48-19-7-3-8-20-48/h2-39,41-42H,40H2,1H3. The lowest BCUT2D eigenvalue weighted by Crippen LogP contribution is -2.28. The van der Waals surface area contributed by atoms with E-state index in [0.29, 0.717) is 0 Å². The summed E-state index contributed by atoms with van der Waals surface area (Å²) in [5, 5.41) is 6.15. The Morgan fingerprint density at radius 1 is 0.371 bits per heavy atom. The van der Waals surface area contributed by atoms with Crippen molar-refractivity contribution in [1.29, 1.82) is 0 Å². The van der Waals surface area contributed by atoms with Gasteiger partial charge in [-0.1, -0.05) is 146 Å². The topological polar surface area (TPSA) is 40.6 Å². The first-order chi connectivity index (χ1) is 34.6. The highest BCUT2D eigenvalue weighted by molar-refractivity contribution is 6.11. The molecule has 5 nitrogen and oxygen atoms in total. The highest BCUT2D eigenvalue weighted by Crippen LogP contribution is 2.47. The number of allylic oxidation sites excluding steroid dienone is 1. The molecule has 5 heterocycles. The molecule has 0 amide bonds. The second kappa shape index (κ2) is 15.8. The van der Waals surface area contributed by atoms with Crippen LogP contribution in [0.3, 0.4) is 0 Å². The minimum atomic E-state index is -0.420. The maximum atomic E-state index is 5.34. The molecule has 0 radical (unpaired) electrons. The fourth-order valence-corrected chi connectivity index (χ4v) is 11.4. The van der Waals surface area contributed by atoms with Crippen LogP contribution in [-0.4, -0.2) is 23.7 Å². The summed E-state index contributed by atoms with van der Waals surface area (Å²) in [7, 11) is 0. The van der Waals surface area contributed by atoms with Gasteiger partial charge >= 0.3 is 0 Å².